The normalized spacial score (nSPS) is 11.8. The first kappa shape index (κ1) is 23.0. The Bertz CT molecular complexity index is 899. The molecular formula is C15H20Cl2IN5O2S. The Morgan fingerprint density at radius 2 is 1.88 bits per heavy atom. The molecule has 0 radical (unpaired) electrons. The van der Waals surface area contributed by atoms with Crippen molar-refractivity contribution in [3.8, 4) is 0 Å². The largest absolute Gasteiger partial charge is 0.352 e. The fourth-order valence-electron chi connectivity index (χ4n) is 2.17. The Hall–Kier alpha value is -1.01. The van der Waals surface area contributed by atoms with Gasteiger partial charge in [0.1, 0.15) is 5.15 Å². The highest BCUT2D eigenvalue weighted by Gasteiger charge is 2.10. The Morgan fingerprint density at radius 1 is 1.23 bits per heavy atom. The molecule has 1 heterocycles. The molecule has 0 fully saturated rings. The van der Waals surface area contributed by atoms with Gasteiger partial charge in [0.15, 0.2) is 5.96 Å². The van der Waals surface area contributed by atoms with Crippen molar-refractivity contribution < 1.29 is 8.42 Å². The highest BCUT2D eigenvalue weighted by atomic mass is 127. The second kappa shape index (κ2) is 9.79. The number of halogens is 3. The van der Waals surface area contributed by atoms with E-state index in [0.29, 0.717) is 29.2 Å². The van der Waals surface area contributed by atoms with Crippen LogP contribution in [0.4, 0.5) is 0 Å². The second-order valence-electron chi connectivity index (χ2n) is 5.31. The van der Waals surface area contributed by atoms with Gasteiger partial charge in [0, 0.05) is 26.3 Å². The molecular weight excluding hydrogens is 512 g/mol. The van der Waals surface area contributed by atoms with Gasteiger partial charge in [-0.05, 0) is 23.8 Å². The van der Waals surface area contributed by atoms with Crippen LogP contribution in [-0.4, -0.2) is 26.0 Å². The molecule has 2 aromatic rings. The van der Waals surface area contributed by atoms with E-state index in [9.17, 15) is 8.42 Å². The number of aliphatic imine (C=N–C) groups is 1. The lowest BCUT2D eigenvalue weighted by molar-refractivity contribution is 0.597. The Balaban J connectivity index is 0.00000338. The van der Waals surface area contributed by atoms with Crippen LogP contribution in [0.15, 0.2) is 40.2 Å². The van der Waals surface area contributed by atoms with Crippen molar-refractivity contribution in [2.45, 2.75) is 18.0 Å². The SMILES string of the molecule is CN=C(NCc1cccc(S(N)(=O)=O)c1)NCc1cc(Cl)c(Cl)n1C.I. The minimum Gasteiger partial charge on any atom is -0.352 e. The van der Waals surface area contributed by atoms with Gasteiger partial charge < -0.3 is 15.2 Å². The predicted molar refractivity (Wildman–Crippen MR) is 116 cm³/mol. The molecule has 144 valence electrons. The molecule has 0 aliphatic carbocycles. The number of nitrogens with zero attached hydrogens (tertiary/aromatic N) is 2. The highest BCUT2D eigenvalue weighted by Crippen LogP contribution is 2.24. The number of hydrogen-bond donors (Lipinski definition) is 3. The summed E-state index contributed by atoms with van der Waals surface area (Å²) in [5.41, 5.74) is 1.66. The highest BCUT2D eigenvalue weighted by molar-refractivity contribution is 14.0. The van der Waals surface area contributed by atoms with Crippen LogP contribution in [0.25, 0.3) is 0 Å². The number of guanidine groups is 1. The Labute approximate surface area is 180 Å². The summed E-state index contributed by atoms with van der Waals surface area (Å²) in [6.07, 6.45) is 0. The van der Waals surface area contributed by atoms with E-state index in [1.54, 1.807) is 29.8 Å². The van der Waals surface area contributed by atoms with Crippen molar-refractivity contribution in [3.63, 3.8) is 0 Å². The minimum atomic E-state index is -3.72. The summed E-state index contributed by atoms with van der Waals surface area (Å²) >= 11 is 12.0. The monoisotopic (exact) mass is 531 g/mol. The van der Waals surface area contributed by atoms with Gasteiger partial charge in [-0.3, -0.25) is 4.99 Å². The summed E-state index contributed by atoms with van der Waals surface area (Å²) in [5.74, 6) is 0.550. The van der Waals surface area contributed by atoms with Crippen molar-refractivity contribution in [2.24, 2.45) is 17.2 Å². The van der Waals surface area contributed by atoms with Crippen LogP contribution in [0, 0.1) is 0 Å². The summed E-state index contributed by atoms with van der Waals surface area (Å²) < 4.78 is 24.6. The van der Waals surface area contributed by atoms with Crippen LogP contribution in [-0.2, 0) is 30.2 Å². The van der Waals surface area contributed by atoms with Gasteiger partial charge >= 0.3 is 0 Å². The topological polar surface area (TPSA) is 102 Å². The molecule has 0 spiro atoms. The molecule has 0 amide bonds. The van der Waals surface area contributed by atoms with Gasteiger partial charge in [-0.25, -0.2) is 13.6 Å². The van der Waals surface area contributed by atoms with Crippen LogP contribution in [0.3, 0.4) is 0 Å². The Morgan fingerprint density at radius 3 is 2.42 bits per heavy atom. The van der Waals surface area contributed by atoms with Gasteiger partial charge in [-0.15, -0.1) is 24.0 Å². The van der Waals surface area contributed by atoms with Crippen LogP contribution < -0.4 is 15.8 Å². The zero-order valence-electron chi connectivity index (χ0n) is 14.2. The zero-order valence-corrected chi connectivity index (χ0v) is 18.8. The third-order valence-electron chi connectivity index (χ3n) is 3.56. The fraction of sp³-hybridized carbons (Fsp3) is 0.267. The predicted octanol–water partition coefficient (Wildman–Crippen LogP) is 2.46. The van der Waals surface area contributed by atoms with Gasteiger partial charge in [-0.1, -0.05) is 35.3 Å². The average Bonchev–Trinajstić information content (AvgIpc) is 2.81. The number of aromatic nitrogens is 1. The lowest BCUT2D eigenvalue weighted by atomic mass is 10.2. The van der Waals surface area contributed by atoms with Gasteiger partial charge in [0.2, 0.25) is 10.0 Å². The van der Waals surface area contributed by atoms with Gasteiger partial charge in [0.05, 0.1) is 16.5 Å². The molecule has 0 atom stereocenters. The quantitative estimate of drug-likeness (QED) is 0.313. The van der Waals surface area contributed by atoms with E-state index >= 15 is 0 Å². The molecule has 26 heavy (non-hydrogen) atoms. The smallest absolute Gasteiger partial charge is 0.238 e. The molecule has 1 aromatic heterocycles. The number of primary sulfonamides is 1. The van der Waals surface area contributed by atoms with Gasteiger partial charge in [0.25, 0.3) is 0 Å². The lowest BCUT2D eigenvalue weighted by Crippen LogP contribution is -2.36. The molecule has 0 bridgehead atoms. The van der Waals surface area contributed by atoms with E-state index in [2.05, 4.69) is 15.6 Å². The van der Waals surface area contributed by atoms with E-state index in [-0.39, 0.29) is 28.9 Å². The lowest BCUT2D eigenvalue weighted by Gasteiger charge is -2.13. The minimum absolute atomic E-state index is 0. The van der Waals surface area contributed by atoms with Crippen molar-refractivity contribution in [1.82, 2.24) is 15.2 Å². The summed E-state index contributed by atoms with van der Waals surface area (Å²) in [6, 6.07) is 8.19. The van der Waals surface area contributed by atoms with Gasteiger partial charge in [-0.2, -0.15) is 0 Å². The number of nitrogens with one attached hydrogen (secondary N) is 2. The molecule has 0 unspecified atom stereocenters. The number of hydrogen-bond acceptors (Lipinski definition) is 3. The van der Waals surface area contributed by atoms with Crippen LogP contribution in [0.5, 0.6) is 0 Å². The molecule has 0 saturated carbocycles. The molecule has 2 rings (SSSR count). The number of sulfonamides is 1. The number of benzene rings is 1. The van der Waals surface area contributed by atoms with Crippen molar-refractivity contribution in [1.29, 1.82) is 0 Å². The molecule has 0 saturated heterocycles. The third-order valence-corrected chi connectivity index (χ3v) is 5.32. The first-order valence-corrected chi connectivity index (χ1v) is 9.58. The number of rotatable bonds is 5. The summed E-state index contributed by atoms with van der Waals surface area (Å²) in [7, 11) is -0.264. The maximum atomic E-state index is 11.4. The third kappa shape index (κ3) is 6.02. The summed E-state index contributed by atoms with van der Waals surface area (Å²) in [6.45, 7) is 0.859. The zero-order chi connectivity index (χ0) is 18.6. The number of nitrogens with two attached hydrogens (primary N) is 1. The van der Waals surface area contributed by atoms with Crippen LogP contribution >= 0.6 is 47.2 Å². The second-order valence-corrected chi connectivity index (χ2v) is 7.63. The molecule has 0 aliphatic heterocycles. The molecule has 4 N–H and O–H groups in total. The van der Waals surface area contributed by atoms with E-state index in [1.165, 1.54) is 12.1 Å². The standard InChI is InChI=1S/C15H19Cl2N5O2S.HI/c1-19-15(21-9-11-7-13(16)14(17)22(11)2)20-8-10-4-3-5-12(6-10)25(18,23)24;/h3-7H,8-9H2,1-2H3,(H2,18,23,24)(H2,19,20,21);1H. The molecule has 1 aromatic carbocycles. The summed E-state index contributed by atoms with van der Waals surface area (Å²) in [4.78, 5) is 4.20. The first-order chi connectivity index (χ1) is 11.7. The van der Waals surface area contributed by atoms with Crippen molar-refractivity contribution in [3.05, 3.63) is 51.8 Å². The fourth-order valence-corrected chi connectivity index (χ4v) is 3.17. The van der Waals surface area contributed by atoms with Crippen LogP contribution in [0.2, 0.25) is 10.2 Å². The van der Waals surface area contributed by atoms with E-state index in [4.69, 9.17) is 28.3 Å². The molecule has 0 aliphatic rings. The van der Waals surface area contributed by atoms with Crippen molar-refractivity contribution >= 4 is 63.2 Å². The molecule has 11 heteroatoms. The summed E-state index contributed by atoms with van der Waals surface area (Å²) in [5, 5.41) is 12.3. The average molecular weight is 532 g/mol. The molecule has 7 nitrogen and oxygen atoms in total. The Kier molecular flexibility index (Phi) is 8.67. The van der Waals surface area contributed by atoms with E-state index in [1.807, 2.05) is 7.05 Å². The van der Waals surface area contributed by atoms with E-state index < -0.39 is 10.0 Å². The van der Waals surface area contributed by atoms with E-state index in [0.717, 1.165) is 11.3 Å². The first-order valence-electron chi connectivity index (χ1n) is 7.28. The maximum absolute atomic E-state index is 11.4. The van der Waals surface area contributed by atoms with Crippen LogP contribution in [0.1, 0.15) is 11.3 Å². The maximum Gasteiger partial charge on any atom is 0.238 e. The van der Waals surface area contributed by atoms with Crippen molar-refractivity contribution in [2.75, 3.05) is 7.05 Å².